The van der Waals surface area contributed by atoms with Crippen LogP contribution in [0.3, 0.4) is 0 Å². The number of carbonyl (C=O) groups excluding carboxylic acids is 1. The molecule has 2 heterocycles. The summed E-state index contributed by atoms with van der Waals surface area (Å²) in [6, 6.07) is 1.19. The molecule has 0 aromatic carbocycles. The van der Waals surface area contributed by atoms with Gasteiger partial charge in [-0.1, -0.05) is 0 Å². The number of nitrogens with zero attached hydrogens (tertiary/aromatic N) is 2. The van der Waals surface area contributed by atoms with E-state index < -0.39 is 23.1 Å². The number of methoxy groups -OCH3 is 1. The number of ether oxygens (including phenoxy) is 1. The molecule has 0 spiro atoms. The molecule has 2 aromatic heterocycles. The van der Waals surface area contributed by atoms with E-state index in [9.17, 15) is 14.7 Å². The summed E-state index contributed by atoms with van der Waals surface area (Å²) in [7, 11) is 3.00. The zero-order chi connectivity index (χ0) is 15.6. The van der Waals surface area contributed by atoms with Crippen molar-refractivity contribution in [2.24, 2.45) is 7.05 Å². The summed E-state index contributed by atoms with van der Waals surface area (Å²) in [5.74, 6) is -1.23. The number of rotatable bonds is 4. The Kier molecular flexibility index (Phi) is 4.11. The second kappa shape index (κ2) is 5.82. The van der Waals surface area contributed by atoms with Gasteiger partial charge in [-0.3, -0.25) is 14.3 Å². The number of carbonyl (C=O) groups is 1. The van der Waals surface area contributed by atoms with Crippen LogP contribution in [0.15, 0.2) is 27.7 Å². The molecule has 1 atom stereocenters. The predicted molar refractivity (Wildman–Crippen MR) is 73.1 cm³/mol. The molecule has 2 aromatic rings. The van der Waals surface area contributed by atoms with Gasteiger partial charge >= 0.3 is 5.97 Å². The summed E-state index contributed by atoms with van der Waals surface area (Å²) in [5.41, 5.74) is 0.0967. The minimum atomic E-state index is -0.640. The fraction of sp³-hybridized carbons (Fsp3) is 0.357. The molecular formula is C14H16N2O5. The van der Waals surface area contributed by atoms with Crippen LogP contribution in [0.25, 0.3) is 0 Å². The Morgan fingerprint density at radius 3 is 2.86 bits per heavy atom. The first-order chi connectivity index (χ1) is 9.92. The monoisotopic (exact) mass is 292 g/mol. The normalized spacial score (nSPS) is 12.1. The SMILES string of the molecule is COC(=O)C[C@H](c1cnn(C)c1)c1oc(C)cc(=O)c1O. The third-order valence-electron chi connectivity index (χ3n) is 3.11. The number of aromatic hydroxyl groups is 1. The number of esters is 1. The van der Waals surface area contributed by atoms with Crippen LogP contribution in [0.2, 0.25) is 0 Å². The van der Waals surface area contributed by atoms with Gasteiger partial charge in [0.2, 0.25) is 11.2 Å². The largest absolute Gasteiger partial charge is 0.502 e. The van der Waals surface area contributed by atoms with Crippen LogP contribution in [0.1, 0.15) is 29.4 Å². The quantitative estimate of drug-likeness (QED) is 0.847. The average molecular weight is 292 g/mol. The Morgan fingerprint density at radius 1 is 1.57 bits per heavy atom. The van der Waals surface area contributed by atoms with E-state index in [4.69, 9.17) is 4.42 Å². The molecule has 112 valence electrons. The summed E-state index contributed by atoms with van der Waals surface area (Å²) in [6.45, 7) is 1.60. The van der Waals surface area contributed by atoms with E-state index in [0.29, 0.717) is 11.3 Å². The number of hydrogen-bond donors (Lipinski definition) is 1. The summed E-state index contributed by atoms with van der Waals surface area (Å²) in [4.78, 5) is 23.3. The third kappa shape index (κ3) is 3.13. The van der Waals surface area contributed by atoms with Crippen LogP contribution in [-0.4, -0.2) is 28.0 Å². The van der Waals surface area contributed by atoms with Gasteiger partial charge in [0.25, 0.3) is 0 Å². The van der Waals surface area contributed by atoms with Crippen molar-refractivity contribution in [3.8, 4) is 5.75 Å². The van der Waals surface area contributed by atoms with Crippen molar-refractivity contribution >= 4 is 5.97 Å². The molecule has 21 heavy (non-hydrogen) atoms. The van der Waals surface area contributed by atoms with Gasteiger partial charge in [-0.2, -0.15) is 5.10 Å². The van der Waals surface area contributed by atoms with Crippen LogP contribution in [0.5, 0.6) is 5.75 Å². The first-order valence-corrected chi connectivity index (χ1v) is 6.31. The van der Waals surface area contributed by atoms with Crippen molar-refractivity contribution in [2.75, 3.05) is 7.11 Å². The summed E-state index contributed by atoms with van der Waals surface area (Å²) in [5, 5.41) is 14.0. The van der Waals surface area contributed by atoms with Gasteiger partial charge in [0.1, 0.15) is 5.76 Å². The number of aromatic nitrogens is 2. The van der Waals surface area contributed by atoms with Crippen molar-refractivity contribution in [2.45, 2.75) is 19.3 Å². The molecular weight excluding hydrogens is 276 g/mol. The van der Waals surface area contributed by atoms with Gasteiger partial charge in [-0.15, -0.1) is 0 Å². The Hall–Kier alpha value is -2.57. The van der Waals surface area contributed by atoms with E-state index in [1.165, 1.54) is 13.2 Å². The molecule has 0 unspecified atom stereocenters. The van der Waals surface area contributed by atoms with Crippen molar-refractivity contribution < 1.29 is 19.1 Å². The molecule has 0 aliphatic rings. The maximum Gasteiger partial charge on any atom is 0.306 e. The second-order valence-corrected chi connectivity index (χ2v) is 4.71. The van der Waals surface area contributed by atoms with Gasteiger partial charge in [-0.25, -0.2) is 0 Å². The Bertz CT molecular complexity index is 716. The molecule has 0 saturated carbocycles. The van der Waals surface area contributed by atoms with Crippen molar-refractivity contribution in [3.05, 3.63) is 45.8 Å². The van der Waals surface area contributed by atoms with E-state index in [1.54, 1.807) is 31.0 Å². The van der Waals surface area contributed by atoms with Gasteiger partial charge in [-0.05, 0) is 6.92 Å². The molecule has 0 saturated heterocycles. The van der Waals surface area contributed by atoms with Crippen LogP contribution in [0.4, 0.5) is 0 Å². The number of hydrogen-bond acceptors (Lipinski definition) is 6. The molecule has 0 amide bonds. The summed E-state index contributed by atoms with van der Waals surface area (Å²) >= 11 is 0. The standard InChI is InChI=1S/C14H16N2O5/c1-8-4-11(17)13(19)14(21-8)10(5-12(18)20-3)9-6-15-16(2)7-9/h4,6-7,10,19H,5H2,1-3H3/t10-/m1/s1. The van der Waals surface area contributed by atoms with Crippen LogP contribution < -0.4 is 5.43 Å². The summed E-state index contributed by atoms with van der Waals surface area (Å²) in [6.07, 6.45) is 3.17. The zero-order valence-corrected chi connectivity index (χ0v) is 12.0. The van der Waals surface area contributed by atoms with E-state index in [2.05, 4.69) is 9.84 Å². The lowest BCUT2D eigenvalue weighted by Crippen LogP contribution is -2.13. The lowest BCUT2D eigenvalue weighted by atomic mass is 9.95. The lowest BCUT2D eigenvalue weighted by Gasteiger charge is -2.14. The van der Waals surface area contributed by atoms with Crippen molar-refractivity contribution in [3.63, 3.8) is 0 Å². The van der Waals surface area contributed by atoms with E-state index >= 15 is 0 Å². The highest BCUT2D eigenvalue weighted by Crippen LogP contribution is 2.32. The molecule has 0 aliphatic heterocycles. The van der Waals surface area contributed by atoms with Crippen LogP contribution in [0, 0.1) is 6.92 Å². The van der Waals surface area contributed by atoms with E-state index in [0.717, 1.165) is 0 Å². The molecule has 2 rings (SSSR count). The molecule has 0 aliphatic carbocycles. The van der Waals surface area contributed by atoms with Gasteiger partial charge in [0, 0.05) is 24.9 Å². The highest BCUT2D eigenvalue weighted by molar-refractivity contribution is 5.71. The second-order valence-electron chi connectivity index (χ2n) is 4.71. The Labute approximate surface area is 120 Å². The van der Waals surface area contributed by atoms with E-state index in [1.807, 2.05) is 0 Å². The van der Waals surface area contributed by atoms with Gasteiger partial charge in [0.15, 0.2) is 5.76 Å². The van der Waals surface area contributed by atoms with Crippen LogP contribution >= 0.6 is 0 Å². The Balaban J connectivity index is 2.54. The highest BCUT2D eigenvalue weighted by Gasteiger charge is 2.27. The lowest BCUT2D eigenvalue weighted by molar-refractivity contribution is -0.140. The minimum absolute atomic E-state index is 0.0402. The highest BCUT2D eigenvalue weighted by atomic mass is 16.5. The summed E-state index contributed by atoms with van der Waals surface area (Å²) < 4.78 is 11.7. The van der Waals surface area contributed by atoms with E-state index in [-0.39, 0.29) is 12.2 Å². The third-order valence-corrected chi connectivity index (χ3v) is 3.11. The first-order valence-electron chi connectivity index (χ1n) is 6.31. The fourth-order valence-electron chi connectivity index (χ4n) is 2.09. The van der Waals surface area contributed by atoms with Crippen molar-refractivity contribution in [1.82, 2.24) is 9.78 Å². The minimum Gasteiger partial charge on any atom is -0.502 e. The molecule has 7 nitrogen and oxygen atoms in total. The first kappa shape index (κ1) is 14.8. The van der Waals surface area contributed by atoms with Crippen molar-refractivity contribution in [1.29, 1.82) is 0 Å². The smallest absolute Gasteiger partial charge is 0.306 e. The molecule has 7 heteroatoms. The Morgan fingerprint density at radius 2 is 2.29 bits per heavy atom. The molecule has 0 bridgehead atoms. The maximum absolute atomic E-state index is 11.7. The van der Waals surface area contributed by atoms with Crippen LogP contribution in [-0.2, 0) is 16.6 Å². The maximum atomic E-state index is 11.7. The molecule has 0 radical (unpaired) electrons. The average Bonchev–Trinajstić information content (AvgIpc) is 2.86. The van der Waals surface area contributed by atoms with Gasteiger partial charge in [0.05, 0.1) is 25.6 Å². The molecule has 0 fully saturated rings. The van der Waals surface area contributed by atoms with Gasteiger partial charge < -0.3 is 14.3 Å². The predicted octanol–water partition coefficient (Wildman–Crippen LogP) is 1.08. The molecule has 1 N–H and O–H groups in total. The number of aryl methyl sites for hydroxylation is 2. The zero-order valence-electron chi connectivity index (χ0n) is 12.0. The topological polar surface area (TPSA) is 94.6 Å². The fourth-order valence-corrected chi connectivity index (χ4v) is 2.09.